The molecule has 270 valence electrons. The van der Waals surface area contributed by atoms with Gasteiger partial charge in [-0.1, -0.05) is 37.3 Å². The molecule has 2 aromatic rings. The van der Waals surface area contributed by atoms with E-state index in [4.69, 9.17) is 14.2 Å². The fraction of sp³-hybridized carbons (Fsp3) is 0.559. The molecule has 16 heteroatoms. The standard InChI is InChI=1S/C34H43N5O10S/c1-4-25-27(36-32(43)44)30(41)39-19-21(49-29-23-12-8-7-11-22(23)26(47-3)18-35-29)16-24(39)28(40)37-34(17-20(34)10-6-5-9-15-48-25)31(42)38-50(45,46)33(2)13-14-33/h6-8,10-12,18,20-21,24-25,27,36H,4-5,9,13-17,19H2,1-3H3,(H,37,40)(H,38,42)(H,43,44)/t20-,21-,24+,25+,27+,34-/m1/s1. The number of carboxylic acid groups (broad SMARTS) is 1. The molecule has 0 unspecified atom stereocenters. The summed E-state index contributed by atoms with van der Waals surface area (Å²) in [6.07, 6.45) is 4.49. The maximum absolute atomic E-state index is 14.3. The van der Waals surface area contributed by atoms with Crippen molar-refractivity contribution in [1.29, 1.82) is 0 Å². The van der Waals surface area contributed by atoms with Gasteiger partial charge in [0.1, 0.15) is 29.5 Å². The molecule has 4 N–H and O–H groups in total. The maximum atomic E-state index is 14.3. The Bertz CT molecular complexity index is 1810. The van der Waals surface area contributed by atoms with E-state index in [0.717, 1.165) is 5.39 Å². The van der Waals surface area contributed by atoms with E-state index < -0.39 is 74.3 Å². The smallest absolute Gasteiger partial charge is 0.405 e. The van der Waals surface area contributed by atoms with Crippen molar-refractivity contribution in [2.75, 3.05) is 20.3 Å². The predicted octanol–water partition coefficient (Wildman–Crippen LogP) is 2.25. The van der Waals surface area contributed by atoms with Gasteiger partial charge in [-0.25, -0.2) is 18.2 Å². The van der Waals surface area contributed by atoms with Gasteiger partial charge in [0.2, 0.25) is 27.7 Å². The Morgan fingerprint density at radius 1 is 1.20 bits per heavy atom. The molecule has 0 radical (unpaired) electrons. The van der Waals surface area contributed by atoms with Crippen LogP contribution in [0.5, 0.6) is 11.6 Å². The Balaban J connectivity index is 1.34. The minimum absolute atomic E-state index is 0.0222. The molecular formula is C34H43N5O10S. The first-order chi connectivity index (χ1) is 23.8. The lowest BCUT2D eigenvalue weighted by Crippen LogP contribution is -2.60. The lowest BCUT2D eigenvalue weighted by Gasteiger charge is -2.32. The molecule has 50 heavy (non-hydrogen) atoms. The van der Waals surface area contributed by atoms with E-state index in [1.807, 2.05) is 30.3 Å². The number of carbonyl (C=O) groups excluding carboxylic acids is 3. The third-order valence-electron chi connectivity index (χ3n) is 10.2. The molecule has 1 aromatic carbocycles. The topological polar surface area (TPSA) is 203 Å². The summed E-state index contributed by atoms with van der Waals surface area (Å²) >= 11 is 0. The molecule has 6 atom stereocenters. The highest BCUT2D eigenvalue weighted by Gasteiger charge is 2.63. The van der Waals surface area contributed by atoms with Crippen molar-refractivity contribution < 1.29 is 46.9 Å². The van der Waals surface area contributed by atoms with Gasteiger partial charge in [-0.15, -0.1) is 0 Å². The quantitative estimate of drug-likeness (QED) is 0.292. The van der Waals surface area contributed by atoms with Crippen LogP contribution < -0.4 is 24.8 Å². The third-order valence-corrected chi connectivity index (χ3v) is 12.4. The summed E-state index contributed by atoms with van der Waals surface area (Å²) in [6, 6.07) is 4.76. The predicted molar refractivity (Wildman–Crippen MR) is 180 cm³/mol. The summed E-state index contributed by atoms with van der Waals surface area (Å²) in [5, 5.41) is 16.2. The molecule has 4 amide bonds. The second-order valence-electron chi connectivity index (χ2n) is 13.6. The van der Waals surface area contributed by atoms with Gasteiger partial charge in [-0.2, -0.15) is 0 Å². The van der Waals surface area contributed by atoms with Crippen LogP contribution in [0.2, 0.25) is 0 Å². The highest BCUT2D eigenvalue weighted by atomic mass is 32.2. The van der Waals surface area contributed by atoms with Gasteiger partial charge in [-0.05, 0) is 51.5 Å². The van der Waals surface area contributed by atoms with Crippen LogP contribution in [0.25, 0.3) is 10.8 Å². The van der Waals surface area contributed by atoms with Gasteiger partial charge in [0.05, 0.1) is 30.7 Å². The van der Waals surface area contributed by atoms with Crippen LogP contribution in [0.15, 0.2) is 42.6 Å². The van der Waals surface area contributed by atoms with Crippen molar-refractivity contribution in [1.82, 2.24) is 25.2 Å². The van der Waals surface area contributed by atoms with Gasteiger partial charge in [0.25, 0.3) is 5.91 Å². The van der Waals surface area contributed by atoms with Crippen LogP contribution >= 0.6 is 0 Å². The third kappa shape index (κ3) is 6.82. The second-order valence-corrected chi connectivity index (χ2v) is 15.8. The van der Waals surface area contributed by atoms with E-state index >= 15 is 0 Å². The molecule has 3 heterocycles. The minimum atomic E-state index is -4.01. The second kappa shape index (κ2) is 13.7. The zero-order chi connectivity index (χ0) is 35.8. The van der Waals surface area contributed by atoms with E-state index in [-0.39, 0.29) is 31.9 Å². The summed E-state index contributed by atoms with van der Waals surface area (Å²) in [6.45, 7) is 3.46. The number of sulfonamides is 1. The molecule has 2 aliphatic heterocycles. The molecule has 0 bridgehead atoms. The lowest BCUT2D eigenvalue weighted by molar-refractivity contribution is -0.144. The lowest BCUT2D eigenvalue weighted by atomic mass is 10.1. The van der Waals surface area contributed by atoms with Crippen molar-refractivity contribution in [2.24, 2.45) is 5.92 Å². The summed E-state index contributed by atoms with van der Waals surface area (Å²) in [5.74, 6) is -1.94. The molecule has 0 spiro atoms. The van der Waals surface area contributed by atoms with E-state index in [1.165, 1.54) is 18.2 Å². The highest BCUT2D eigenvalue weighted by Crippen LogP contribution is 2.47. The first-order valence-corrected chi connectivity index (χ1v) is 18.4. The largest absolute Gasteiger partial charge is 0.494 e. The molecule has 6 rings (SSSR count). The van der Waals surface area contributed by atoms with E-state index in [0.29, 0.717) is 43.2 Å². The molecule has 15 nitrogen and oxygen atoms in total. The minimum Gasteiger partial charge on any atom is -0.494 e. The van der Waals surface area contributed by atoms with Crippen LogP contribution in [0.1, 0.15) is 58.8 Å². The Kier molecular flexibility index (Phi) is 9.70. The Morgan fingerprint density at radius 3 is 2.62 bits per heavy atom. The molecular weight excluding hydrogens is 670 g/mol. The number of amides is 4. The number of rotatable bonds is 8. The molecule has 1 saturated heterocycles. The van der Waals surface area contributed by atoms with Gasteiger partial charge >= 0.3 is 6.09 Å². The number of carbonyl (C=O) groups is 4. The van der Waals surface area contributed by atoms with Crippen LogP contribution in [0.3, 0.4) is 0 Å². The maximum Gasteiger partial charge on any atom is 0.405 e. The first-order valence-electron chi connectivity index (χ1n) is 16.9. The zero-order valence-corrected chi connectivity index (χ0v) is 29.0. The van der Waals surface area contributed by atoms with Gasteiger partial charge in [0, 0.05) is 29.7 Å². The van der Waals surface area contributed by atoms with Crippen molar-refractivity contribution >= 4 is 44.6 Å². The molecule has 2 aliphatic carbocycles. The van der Waals surface area contributed by atoms with Crippen LogP contribution in [0.4, 0.5) is 4.79 Å². The molecule has 1 aromatic heterocycles. The number of allylic oxidation sites excluding steroid dienone is 1. The average Bonchev–Trinajstić information content (AvgIpc) is 3.96. The number of nitrogens with zero attached hydrogens (tertiary/aromatic N) is 2. The number of fused-ring (bicyclic) bond motifs is 3. The molecule has 2 saturated carbocycles. The number of ether oxygens (including phenoxy) is 3. The average molecular weight is 714 g/mol. The number of aromatic nitrogens is 1. The van der Waals surface area contributed by atoms with Crippen molar-refractivity contribution in [3.63, 3.8) is 0 Å². The Labute approximate surface area is 290 Å². The molecule has 4 aliphatic rings. The van der Waals surface area contributed by atoms with Crippen LogP contribution in [0, 0.1) is 5.92 Å². The number of hydrogen-bond donors (Lipinski definition) is 4. The number of pyridine rings is 1. The van der Waals surface area contributed by atoms with E-state index in [1.54, 1.807) is 19.9 Å². The summed E-state index contributed by atoms with van der Waals surface area (Å²) in [5.41, 5.74) is -1.56. The Hall–Kier alpha value is -4.44. The van der Waals surface area contributed by atoms with Crippen molar-refractivity contribution in [2.45, 2.75) is 93.4 Å². The SMILES string of the molecule is CC[C@@H]1OCCCC=C[C@@H]2C[C@@]2(C(=O)NS(=O)(=O)C2(C)CC2)NC(=O)[C@@H]2C[C@@H](Oc3ncc(OC)c4ccccc34)CN2C(=O)[C@H]1NC(=O)O. The fourth-order valence-electron chi connectivity index (χ4n) is 6.77. The highest BCUT2D eigenvalue weighted by molar-refractivity contribution is 7.91. The van der Waals surface area contributed by atoms with Gasteiger partial charge < -0.3 is 34.9 Å². The van der Waals surface area contributed by atoms with Crippen LogP contribution in [-0.2, 0) is 29.1 Å². The zero-order valence-electron chi connectivity index (χ0n) is 28.2. The molecule has 3 fully saturated rings. The van der Waals surface area contributed by atoms with E-state index in [2.05, 4.69) is 20.3 Å². The summed E-state index contributed by atoms with van der Waals surface area (Å²) < 4.78 is 45.1. The van der Waals surface area contributed by atoms with Crippen LogP contribution in [-0.4, -0.2) is 102 Å². The van der Waals surface area contributed by atoms with Gasteiger partial charge in [0.15, 0.2) is 0 Å². The number of hydrogen-bond acceptors (Lipinski definition) is 10. The normalized spacial score (nSPS) is 29.4. The fourth-order valence-corrected chi connectivity index (χ4v) is 8.08. The Morgan fingerprint density at radius 2 is 1.94 bits per heavy atom. The number of nitrogens with one attached hydrogen (secondary N) is 3. The summed E-state index contributed by atoms with van der Waals surface area (Å²) in [4.78, 5) is 59.9. The number of benzene rings is 1. The summed E-state index contributed by atoms with van der Waals surface area (Å²) in [7, 11) is -2.48. The van der Waals surface area contributed by atoms with Crippen molar-refractivity contribution in [3.8, 4) is 11.6 Å². The van der Waals surface area contributed by atoms with E-state index in [9.17, 15) is 32.7 Å². The van der Waals surface area contributed by atoms with Gasteiger partial charge in [-0.3, -0.25) is 19.1 Å². The monoisotopic (exact) mass is 713 g/mol. The first kappa shape index (κ1) is 35.4. The van der Waals surface area contributed by atoms with Crippen molar-refractivity contribution in [3.05, 3.63) is 42.6 Å². The number of methoxy groups -OCH3 is 1.